The van der Waals surface area contributed by atoms with E-state index in [1.54, 1.807) is 25.2 Å². The molecule has 1 heterocycles. The quantitative estimate of drug-likeness (QED) is 0.641. The number of hydrogen-bond acceptors (Lipinski definition) is 3. The molecule has 0 atom stereocenters. The second-order valence-corrected chi connectivity index (χ2v) is 9.53. The van der Waals surface area contributed by atoms with Crippen LogP contribution in [0.2, 0.25) is 0 Å². The Morgan fingerprint density at radius 1 is 0.933 bits per heavy atom. The fourth-order valence-electron chi connectivity index (χ4n) is 3.76. The van der Waals surface area contributed by atoms with E-state index < -0.39 is 10.0 Å². The first-order valence-corrected chi connectivity index (χ1v) is 11.3. The molecule has 0 saturated heterocycles. The van der Waals surface area contributed by atoms with Crippen molar-refractivity contribution in [3.8, 4) is 0 Å². The van der Waals surface area contributed by atoms with Gasteiger partial charge in [-0.3, -0.25) is 4.79 Å². The number of benzene rings is 3. The van der Waals surface area contributed by atoms with Crippen molar-refractivity contribution in [1.29, 1.82) is 0 Å². The van der Waals surface area contributed by atoms with Crippen LogP contribution in [0.4, 0.5) is 5.69 Å². The molecular weight excluding hydrogens is 396 g/mol. The van der Waals surface area contributed by atoms with Crippen molar-refractivity contribution < 1.29 is 13.2 Å². The Balaban J connectivity index is 1.60. The van der Waals surface area contributed by atoms with Crippen molar-refractivity contribution in [3.63, 3.8) is 0 Å². The van der Waals surface area contributed by atoms with E-state index in [2.05, 4.69) is 0 Å². The molecule has 0 fully saturated rings. The fraction of sp³-hybridized carbons (Fsp3) is 0.208. The van der Waals surface area contributed by atoms with Crippen LogP contribution < -0.4 is 4.90 Å². The zero-order valence-electron chi connectivity index (χ0n) is 17.1. The van der Waals surface area contributed by atoms with E-state index in [9.17, 15) is 13.2 Å². The summed E-state index contributed by atoms with van der Waals surface area (Å²) in [6, 6.07) is 21.9. The minimum atomic E-state index is -3.70. The third-order valence-electron chi connectivity index (χ3n) is 5.51. The molecule has 30 heavy (non-hydrogen) atoms. The van der Waals surface area contributed by atoms with E-state index in [1.807, 2.05) is 55.5 Å². The van der Waals surface area contributed by atoms with Gasteiger partial charge in [0.25, 0.3) is 5.91 Å². The van der Waals surface area contributed by atoms with Crippen LogP contribution >= 0.6 is 0 Å². The fourth-order valence-corrected chi connectivity index (χ4v) is 5.23. The van der Waals surface area contributed by atoms with Crippen LogP contribution in [-0.2, 0) is 23.0 Å². The molecule has 0 saturated carbocycles. The average Bonchev–Trinajstić information content (AvgIpc) is 2.77. The number of amides is 1. The Hall–Kier alpha value is -2.96. The summed E-state index contributed by atoms with van der Waals surface area (Å²) in [5.74, 6) is -0.248. The molecule has 0 unspecified atom stereocenters. The predicted octanol–water partition coefficient (Wildman–Crippen LogP) is 4.02. The molecule has 4 rings (SSSR count). The highest BCUT2D eigenvalue weighted by Crippen LogP contribution is 2.26. The summed E-state index contributed by atoms with van der Waals surface area (Å²) in [5.41, 5.74) is 4.37. The first kappa shape index (κ1) is 20.3. The van der Waals surface area contributed by atoms with E-state index >= 15 is 0 Å². The van der Waals surface area contributed by atoms with Crippen molar-refractivity contribution in [1.82, 2.24) is 4.31 Å². The van der Waals surface area contributed by atoms with E-state index in [4.69, 9.17) is 0 Å². The number of hydrogen-bond donors (Lipinski definition) is 0. The van der Waals surface area contributed by atoms with Crippen LogP contribution in [-0.4, -0.2) is 32.2 Å². The zero-order valence-corrected chi connectivity index (χ0v) is 17.9. The Morgan fingerprint density at radius 3 is 2.43 bits per heavy atom. The smallest absolute Gasteiger partial charge is 0.258 e. The van der Waals surface area contributed by atoms with Gasteiger partial charge in [-0.25, -0.2) is 8.42 Å². The van der Waals surface area contributed by atoms with Crippen molar-refractivity contribution >= 4 is 21.6 Å². The molecule has 3 aromatic rings. The van der Waals surface area contributed by atoms with Crippen molar-refractivity contribution in [2.75, 3.05) is 18.5 Å². The molecule has 0 aromatic heterocycles. The molecule has 0 aliphatic carbocycles. The molecular formula is C24H24N2O3S. The van der Waals surface area contributed by atoms with Crippen LogP contribution in [0.5, 0.6) is 0 Å². The third kappa shape index (κ3) is 3.88. The van der Waals surface area contributed by atoms with Crippen LogP contribution in [0.25, 0.3) is 0 Å². The summed E-state index contributed by atoms with van der Waals surface area (Å²) in [4.78, 5) is 14.7. The molecule has 3 aromatic carbocycles. The molecule has 154 valence electrons. The maximum atomic E-state index is 13.3. The molecule has 0 N–H and O–H groups in total. The van der Waals surface area contributed by atoms with Crippen molar-refractivity contribution in [2.45, 2.75) is 24.8 Å². The van der Waals surface area contributed by atoms with Crippen molar-refractivity contribution in [3.05, 3.63) is 95.1 Å². The topological polar surface area (TPSA) is 57.7 Å². The van der Waals surface area contributed by atoms with Gasteiger partial charge < -0.3 is 4.90 Å². The van der Waals surface area contributed by atoms with Crippen LogP contribution in [0.15, 0.2) is 77.7 Å². The lowest BCUT2D eigenvalue weighted by molar-refractivity contribution is 0.0993. The molecule has 5 nitrogen and oxygen atoms in total. The Morgan fingerprint density at radius 2 is 1.67 bits per heavy atom. The maximum Gasteiger partial charge on any atom is 0.258 e. The van der Waals surface area contributed by atoms with Gasteiger partial charge >= 0.3 is 0 Å². The summed E-state index contributed by atoms with van der Waals surface area (Å²) >= 11 is 0. The summed E-state index contributed by atoms with van der Waals surface area (Å²) in [6.45, 7) is 2.74. The van der Waals surface area contributed by atoms with Gasteiger partial charge in [0.15, 0.2) is 0 Å². The second kappa shape index (κ2) is 8.05. The Bertz CT molecular complexity index is 1200. The lowest BCUT2D eigenvalue weighted by Gasteiger charge is -2.28. The van der Waals surface area contributed by atoms with Gasteiger partial charge in [0.1, 0.15) is 0 Å². The van der Waals surface area contributed by atoms with E-state index in [0.29, 0.717) is 25.1 Å². The minimum Gasteiger partial charge on any atom is -0.311 e. The highest BCUT2D eigenvalue weighted by Gasteiger charge is 2.29. The monoisotopic (exact) mass is 420 g/mol. The van der Waals surface area contributed by atoms with Gasteiger partial charge in [0, 0.05) is 31.4 Å². The minimum absolute atomic E-state index is 0.144. The van der Waals surface area contributed by atoms with Gasteiger partial charge in [-0.05, 0) is 60.4 Å². The standard InChI is InChI=1S/C24H24N2O3S/c1-18-7-5-11-22(15-18)25(2)24(27)20-10-6-12-23(16-20)30(28,29)26-14-13-19-8-3-4-9-21(19)17-26/h3-12,15-16H,13-14,17H2,1-2H3. The highest BCUT2D eigenvalue weighted by atomic mass is 32.2. The number of nitrogens with zero attached hydrogens (tertiary/aromatic N) is 2. The summed E-state index contributed by atoms with van der Waals surface area (Å²) in [6.07, 6.45) is 0.685. The number of aryl methyl sites for hydroxylation is 1. The largest absolute Gasteiger partial charge is 0.311 e. The Labute approximate surface area is 177 Å². The summed E-state index contributed by atoms with van der Waals surface area (Å²) in [5, 5.41) is 0. The number of sulfonamides is 1. The summed E-state index contributed by atoms with van der Waals surface area (Å²) < 4.78 is 28.0. The number of rotatable bonds is 4. The average molecular weight is 421 g/mol. The normalized spacial score (nSPS) is 14.2. The zero-order chi connectivity index (χ0) is 21.3. The first-order valence-electron chi connectivity index (χ1n) is 9.88. The van der Waals surface area contributed by atoms with Gasteiger partial charge in [0.05, 0.1) is 4.90 Å². The number of anilines is 1. The van der Waals surface area contributed by atoms with Gasteiger partial charge in [0.2, 0.25) is 10.0 Å². The lowest BCUT2D eigenvalue weighted by atomic mass is 10.0. The maximum absolute atomic E-state index is 13.3. The molecule has 0 radical (unpaired) electrons. The molecule has 1 aliphatic heterocycles. The lowest BCUT2D eigenvalue weighted by Crippen LogP contribution is -2.36. The highest BCUT2D eigenvalue weighted by molar-refractivity contribution is 7.89. The van der Waals surface area contributed by atoms with E-state index in [1.165, 1.54) is 20.8 Å². The number of fused-ring (bicyclic) bond motifs is 1. The number of carbonyl (C=O) groups is 1. The summed E-state index contributed by atoms with van der Waals surface area (Å²) in [7, 11) is -2.00. The molecule has 0 spiro atoms. The molecule has 1 amide bonds. The predicted molar refractivity (Wildman–Crippen MR) is 118 cm³/mol. The van der Waals surface area contributed by atoms with Gasteiger partial charge in [-0.1, -0.05) is 42.5 Å². The third-order valence-corrected chi connectivity index (χ3v) is 7.35. The van der Waals surface area contributed by atoms with Crippen LogP contribution in [0.1, 0.15) is 27.0 Å². The van der Waals surface area contributed by atoms with Crippen LogP contribution in [0, 0.1) is 6.92 Å². The van der Waals surface area contributed by atoms with E-state index in [-0.39, 0.29) is 10.8 Å². The first-order chi connectivity index (χ1) is 14.4. The second-order valence-electron chi connectivity index (χ2n) is 7.59. The van der Waals surface area contributed by atoms with Crippen LogP contribution in [0.3, 0.4) is 0 Å². The molecule has 6 heteroatoms. The van der Waals surface area contributed by atoms with Gasteiger partial charge in [-0.2, -0.15) is 4.31 Å². The molecule has 0 bridgehead atoms. The number of carbonyl (C=O) groups excluding carboxylic acids is 1. The Kier molecular flexibility index (Phi) is 5.45. The SMILES string of the molecule is Cc1cccc(N(C)C(=O)c2cccc(S(=O)(=O)N3CCc4ccccc4C3)c2)c1. The van der Waals surface area contributed by atoms with Crippen molar-refractivity contribution in [2.24, 2.45) is 0 Å². The van der Waals surface area contributed by atoms with Gasteiger partial charge in [-0.15, -0.1) is 0 Å². The van der Waals surface area contributed by atoms with E-state index in [0.717, 1.165) is 16.8 Å². The molecule has 1 aliphatic rings.